The standard InChI is InChI=1S/C21H32N2O2/c1-4-5-6-16-7-11-18(12-8-16)20(24)22-15-17-9-13-19(14-10-17)21(25)23(2)3/h9-10,13-14,16,18H,4-8,11-12,15H2,1-3H3,(H,22,24). The van der Waals surface area contributed by atoms with Crippen molar-refractivity contribution in [1.29, 1.82) is 0 Å². The first-order chi connectivity index (χ1) is 12.0. The first kappa shape index (κ1) is 19.5. The van der Waals surface area contributed by atoms with Crippen molar-refractivity contribution in [3.05, 3.63) is 35.4 Å². The van der Waals surface area contributed by atoms with E-state index >= 15 is 0 Å². The number of carbonyl (C=O) groups excluding carboxylic acids is 2. The van der Waals surface area contributed by atoms with Gasteiger partial charge in [0.1, 0.15) is 0 Å². The van der Waals surface area contributed by atoms with Gasteiger partial charge in [-0.3, -0.25) is 9.59 Å². The topological polar surface area (TPSA) is 49.4 Å². The molecule has 1 aliphatic carbocycles. The number of rotatable bonds is 7. The van der Waals surface area contributed by atoms with Crippen LogP contribution in [0.1, 0.15) is 67.8 Å². The van der Waals surface area contributed by atoms with Crippen molar-refractivity contribution < 1.29 is 9.59 Å². The Kier molecular flexibility index (Phi) is 7.48. The highest BCUT2D eigenvalue weighted by atomic mass is 16.2. The lowest BCUT2D eigenvalue weighted by molar-refractivity contribution is -0.126. The lowest BCUT2D eigenvalue weighted by Gasteiger charge is -2.27. The molecule has 0 aliphatic heterocycles. The van der Waals surface area contributed by atoms with Gasteiger partial charge in [-0.2, -0.15) is 0 Å². The van der Waals surface area contributed by atoms with E-state index in [-0.39, 0.29) is 17.7 Å². The summed E-state index contributed by atoms with van der Waals surface area (Å²) < 4.78 is 0. The fourth-order valence-electron chi connectivity index (χ4n) is 3.56. The maximum absolute atomic E-state index is 12.4. The molecule has 1 aromatic carbocycles. The molecule has 0 heterocycles. The Morgan fingerprint density at radius 3 is 2.28 bits per heavy atom. The highest BCUT2D eigenvalue weighted by Gasteiger charge is 2.25. The van der Waals surface area contributed by atoms with Crippen molar-refractivity contribution in [2.75, 3.05) is 14.1 Å². The van der Waals surface area contributed by atoms with Crippen LogP contribution in [0.15, 0.2) is 24.3 Å². The second-order valence-corrected chi connectivity index (χ2v) is 7.47. The highest BCUT2D eigenvalue weighted by molar-refractivity contribution is 5.93. The molecule has 0 atom stereocenters. The van der Waals surface area contributed by atoms with Crippen molar-refractivity contribution in [2.24, 2.45) is 11.8 Å². The number of unbranched alkanes of at least 4 members (excludes halogenated alkanes) is 1. The molecule has 0 unspecified atom stereocenters. The number of amides is 2. The van der Waals surface area contributed by atoms with Gasteiger partial charge in [0, 0.05) is 32.1 Å². The molecule has 1 fully saturated rings. The summed E-state index contributed by atoms with van der Waals surface area (Å²) in [5.74, 6) is 1.18. The lowest BCUT2D eigenvalue weighted by atomic mass is 9.79. The molecule has 0 spiro atoms. The molecule has 2 amide bonds. The summed E-state index contributed by atoms with van der Waals surface area (Å²) in [5.41, 5.74) is 1.70. The van der Waals surface area contributed by atoms with Gasteiger partial charge in [-0.1, -0.05) is 38.3 Å². The molecule has 0 aromatic heterocycles. The minimum Gasteiger partial charge on any atom is -0.352 e. The molecule has 1 saturated carbocycles. The van der Waals surface area contributed by atoms with Gasteiger partial charge in [0.2, 0.25) is 5.91 Å². The number of benzene rings is 1. The van der Waals surface area contributed by atoms with Crippen LogP contribution in [0.3, 0.4) is 0 Å². The Labute approximate surface area is 152 Å². The molecular formula is C21H32N2O2. The minimum atomic E-state index is -0.00424. The Bertz CT molecular complexity index is 558. The predicted molar refractivity (Wildman–Crippen MR) is 101 cm³/mol. The van der Waals surface area contributed by atoms with Crippen LogP contribution in [0.25, 0.3) is 0 Å². The maximum Gasteiger partial charge on any atom is 0.253 e. The number of hydrogen-bond donors (Lipinski definition) is 1. The van der Waals surface area contributed by atoms with Gasteiger partial charge in [-0.05, 0) is 49.3 Å². The van der Waals surface area contributed by atoms with E-state index in [0.29, 0.717) is 12.1 Å². The van der Waals surface area contributed by atoms with Gasteiger partial charge in [-0.15, -0.1) is 0 Å². The van der Waals surface area contributed by atoms with E-state index in [9.17, 15) is 9.59 Å². The third-order valence-corrected chi connectivity index (χ3v) is 5.26. The Morgan fingerprint density at radius 1 is 1.08 bits per heavy atom. The minimum absolute atomic E-state index is 0.00424. The Balaban J connectivity index is 1.76. The molecule has 2 rings (SSSR count). The highest BCUT2D eigenvalue weighted by Crippen LogP contribution is 2.32. The van der Waals surface area contributed by atoms with Gasteiger partial charge < -0.3 is 10.2 Å². The van der Waals surface area contributed by atoms with E-state index in [4.69, 9.17) is 0 Å². The lowest BCUT2D eigenvalue weighted by Crippen LogP contribution is -2.32. The van der Waals surface area contributed by atoms with Crippen LogP contribution >= 0.6 is 0 Å². The van der Waals surface area contributed by atoms with E-state index in [1.54, 1.807) is 19.0 Å². The smallest absolute Gasteiger partial charge is 0.253 e. The van der Waals surface area contributed by atoms with Gasteiger partial charge in [-0.25, -0.2) is 0 Å². The SMILES string of the molecule is CCCCC1CCC(C(=O)NCc2ccc(C(=O)N(C)C)cc2)CC1. The first-order valence-corrected chi connectivity index (χ1v) is 9.59. The molecule has 4 nitrogen and oxygen atoms in total. The van der Waals surface area contributed by atoms with E-state index in [0.717, 1.165) is 24.3 Å². The van der Waals surface area contributed by atoms with Crippen LogP contribution in [0, 0.1) is 11.8 Å². The van der Waals surface area contributed by atoms with Crippen LogP contribution in [-0.2, 0) is 11.3 Å². The second kappa shape index (κ2) is 9.59. The van der Waals surface area contributed by atoms with Gasteiger partial charge in [0.15, 0.2) is 0 Å². The van der Waals surface area contributed by atoms with Gasteiger partial charge >= 0.3 is 0 Å². The molecule has 0 saturated heterocycles. The number of nitrogens with zero attached hydrogens (tertiary/aromatic N) is 1. The zero-order valence-electron chi connectivity index (χ0n) is 15.9. The van der Waals surface area contributed by atoms with Crippen molar-refractivity contribution in [2.45, 2.75) is 58.4 Å². The average molecular weight is 344 g/mol. The second-order valence-electron chi connectivity index (χ2n) is 7.47. The molecule has 1 N–H and O–H groups in total. The summed E-state index contributed by atoms with van der Waals surface area (Å²) in [6.07, 6.45) is 8.34. The van der Waals surface area contributed by atoms with Crippen molar-refractivity contribution >= 4 is 11.8 Å². The van der Waals surface area contributed by atoms with Crippen molar-refractivity contribution in [3.8, 4) is 0 Å². The quantitative estimate of drug-likeness (QED) is 0.813. The normalized spacial score (nSPS) is 20.1. The largest absolute Gasteiger partial charge is 0.352 e. The van der Waals surface area contributed by atoms with E-state index in [2.05, 4.69) is 12.2 Å². The van der Waals surface area contributed by atoms with Crippen LogP contribution < -0.4 is 5.32 Å². The fraction of sp³-hybridized carbons (Fsp3) is 0.619. The number of nitrogens with one attached hydrogen (secondary N) is 1. The molecule has 0 bridgehead atoms. The van der Waals surface area contributed by atoms with E-state index in [1.807, 2.05) is 24.3 Å². The monoisotopic (exact) mass is 344 g/mol. The third kappa shape index (κ3) is 5.87. The van der Waals surface area contributed by atoms with Gasteiger partial charge in [0.05, 0.1) is 0 Å². The molecule has 1 aromatic rings. The molecule has 1 aliphatic rings. The molecule has 25 heavy (non-hydrogen) atoms. The predicted octanol–water partition coefficient (Wildman–Crippen LogP) is 4.00. The summed E-state index contributed by atoms with van der Waals surface area (Å²) in [7, 11) is 3.49. The van der Waals surface area contributed by atoms with E-state index in [1.165, 1.54) is 32.1 Å². The summed E-state index contributed by atoms with van der Waals surface area (Å²) in [5, 5.41) is 3.06. The van der Waals surface area contributed by atoms with E-state index < -0.39 is 0 Å². The molecule has 138 valence electrons. The Hall–Kier alpha value is -1.84. The molecule has 0 radical (unpaired) electrons. The zero-order chi connectivity index (χ0) is 18.2. The number of hydrogen-bond acceptors (Lipinski definition) is 2. The van der Waals surface area contributed by atoms with Crippen LogP contribution in [0.2, 0.25) is 0 Å². The average Bonchev–Trinajstić information content (AvgIpc) is 2.64. The first-order valence-electron chi connectivity index (χ1n) is 9.59. The van der Waals surface area contributed by atoms with Crippen LogP contribution in [0.5, 0.6) is 0 Å². The Morgan fingerprint density at radius 2 is 1.72 bits per heavy atom. The third-order valence-electron chi connectivity index (χ3n) is 5.26. The van der Waals surface area contributed by atoms with Gasteiger partial charge in [0.25, 0.3) is 5.91 Å². The molecular weight excluding hydrogens is 312 g/mol. The summed E-state index contributed by atoms with van der Waals surface area (Å²) in [6, 6.07) is 7.48. The summed E-state index contributed by atoms with van der Waals surface area (Å²) in [6.45, 7) is 2.77. The van der Waals surface area contributed by atoms with Crippen molar-refractivity contribution in [1.82, 2.24) is 10.2 Å². The number of carbonyl (C=O) groups is 2. The summed E-state index contributed by atoms with van der Waals surface area (Å²) in [4.78, 5) is 25.8. The van der Waals surface area contributed by atoms with Crippen molar-refractivity contribution in [3.63, 3.8) is 0 Å². The van der Waals surface area contributed by atoms with Crippen LogP contribution in [0.4, 0.5) is 0 Å². The maximum atomic E-state index is 12.4. The fourth-order valence-corrected chi connectivity index (χ4v) is 3.56. The molecule has 4 heteroatoms. The van der Waals surface area contributed by atoms with Crippen LogP contribution in [-0.4, -0.2) is 30.8 Å². The summed E-state index contributed by atoms with van der Waals surface area (Å²) >= 11 is 0. The zero-order valence-corrected chi connectivity index (χ0v) is 15.9.